The molecule has 0 saturated carbocycles. The monoisotopic (exact) mass is 403 g/mol. The molecule has 2 N–H and O–H groups in total. The molecule has 0 bridgehead atoms. The molecule has 1 fully saturated rings. The number of rotatable bonds is 8. The van der Waals surface area contributed by atoms with Crippen LogP contribution in [0.25, 0.3) is 0 Å². The molecule has 1 aliphatic heterocycles. The van der Waals surface area contributed by atoms with Crippen molar-refractivity contribution in [2.45, 2.75) is 19.1 Å². The van der Waals surface area contributed by atoms with Gasteiger partial charge >= 0.3 is 0 Å². The summed E-state index contributed by atoms with van der Waals surface area (Å²) in [7, 11) is -0.382. The Hall–Kier alpha value is -1.19. The van der Waals surface area contributed by atoms with Gasteiger partial charge in [-0.2, -0.15) is 0 Å². The molecule has 1 heterocycles. The van der Waals surface area contributed by atoms with Gasteiger partial charge in [-0.15, -0.1) is 0 Å². The Morgan fingerprint density at radius 3 is 2.58 bits per heavy atom. The average Bonchev–Trinajstić information content (AvgIpc) is 2.91. The number of halogens is 1. The van der Waals surface area contributed by atoms with Crippen molar-refractivity contribution in [2.75, 3.05) is 39.5 Å². The summed E-state index contributed by atoms with van der Waals surface area (Å²) >= 11 is 5.82. The van der Waals surface area contributed by atoms with Gasteiger partial charge in [0.2, 0.25) is 15.9 Å². The predicted molar refractivity (Wildman–Crippen MR) is 101 cm³/mol. The lowest BCUT2D eigenvalue weighted by atomic mass is 10.1. The van der Waals surface area contributed by atoms with Crippen molar-refractivity contribution in [3.05, 3.63) is 34.9 Å². The largest absolute Gasteiger partial charge is 0.391 e. The Morgan fingerprint density at radius 1 is 1.31 bits per heavy atom. The topological polar surface area (TPSA) is 90.0 Å². The van der Waals surface area contributed by atoms with E-state index in [4.69, 9.17) is 11.6 Å². The lowest BCUT2D eigenvalue weighted by Crippen LogP contribution is -2.33. The highest BCUT2D eigenvalue weighted by Crippen LogP contribution is 2.20. The van der Waals surface area contributed by atoms with Crippen LogP contribution in [-0.4, -0.2) is 74.2 Å². The van der Waals surface area contributed by atoms with Crippen molar-refractivity contribution in [2.24, 2.45) is 5.92 Å². The van der Waals surface area contributed by atoms with Crippen LogP contribution in [0.2, 0.25) is 5.02 Å². The molecule has 0 aliphatic carbocycles. The third-order valence-corrected chi connectivity index (χ3v) is 6.74. The van der Waals surface area contributed by atoms with Gasteiger partial charge in [0.25, 0.3) is 0 Å². The minimum Gasteiger partial charge on any atom is -0.391 e. The molecule has 0 aromatic heterocycles. The van der Waals surface area contributed by atoms with Crippen LogP contribution < -0.4 is 5.32 Å². The smallest absolute Gasteiger partial charge is 0.221 e. The fourth-order valence-electron chi connectivity index (χ4n) is 2.86. The molecule has 2 atom stereocenters. The summed E-state index contributed by atoms with van der Waals surface area (Å²) < 4.78 is 25.1. The number of hydrogen-bond acceptors (Lipinski definition) is 5. The highest BCUT2D eigenvalue weighted by Gasteiger charge is 2.35. The van der Waals surface area contributed by atoms with Gasteiger partial charge in [0.15, 0.2) is 0 Å². The molecule has 0 spiro atoms. The molecule has 146 valence electrons. The maximum atomic E-state index is 12.0. The molecule has 2 rings (SSSR count). The lowest BCUT2D eigenvalue weighted by molar-refractivity contribution is -0.121. The lowest BCUT2D eigenvalue weighted by Gasteiger charge is -2.18. The second-order valence-electron chi connectivity index (χ2n) is 6.80. The molecular formula is C17H26ClN3O4S. The van der Waals surface area contributed by atoms with Crippen LogP contribution in [0, 0.1) is 5.92 Å². The maximum Gasteiger partial charge on any atom is 0.221 e. The number of nitrogens with one attached hydrogen (secondary N) is 1. The first-order chi connectivity index (χ1) is 12.2. The number of sulfonamides is 1. The minimum absolute atomic E-state index is 0.0829. The van der Waals surface area contributed by atoms with Gasteiger partial charge in [-0.1, -0.05) is 23.7 Å². The van der Waals surface area contributed by atoms with E-state index in [-0.39, 0.29) is 17.6 Å². The number of nitrogens with zero attached hydrogens (tertiary/aromatic N) is 2. The average molecular weight is 404 g/mol. The first kappa shape index (κ1) is 21.1. The molecule has 1 saturated heterocycles. The van der Waals surface area contributed by atoms with Crippen LogP contribution in [0.4, 0.5) is 0 Å². The van der Waals surface area contributed by atoms with Crippen LogP contribution in [0.15, 0.2) is 24.3 Å². The first-order valence-electron chi connectivity index (χ1n) is 8.49. The zero-order chi connectivity index (χ0) is 19.3. The number of β-amino-alcohol motifs (C(OH)–C–C–N with tert-alkyl or cyclic N) is 1. The fourth-order valence-corrected chi connectivity index (χ4v) is 4.15. The van der Waals surface area contributed by atoms with Crippen molar-refractivity contribution in [1.29, 1.82) is 0 Å². The van der Waals surface area contributed by atoms with E-state index in [1.54, 1.807) is 12.1 Å². The van der Waals surface area contributed by atoms with Crippen LogP contribution in [0.3, 0.4) is 0 Å². The van der Waals surface area contributed by atoms with E-state index in [1.807, 2.05) is 17.0 Å². The SMILES string of the molecule is CN(C)S(=O)(=O)C[C@@H]1CN(CCC(=O)NCc2ccc(Cl)cc2)C[C@@H]1O. The van der Waals surface area contributed by atoms with E-state index in [9.17, 15) is 18.3 Å². The molecule has 1 aromatic rings. The molecule has 0 unspecified atom stereocenters. The summed E-state index contributed by atoms with van der Waals surface area (Å²) in [6, 6.07) is 7.26. The number of likely N-dealkylation sites (tertiary alicyclic amines) is 1. The number of aliphatic hydroxyl groups excluding tert-OH is 1. The van der Waals surface area contributed by atoms with Gasteiger partial charge < -0.3 is 10.4 Å². The summed E-state index contributed by atoms with van der Waals surface area (Å²) in [6.07, 6.45) is -0.394. The number of hydrogen-bond donors (Lipinski definition) is 2. The van der Waals surface area contributed by atoms with E-state index in [1.165, 1.54) is 18.4 Å². The quantitative estimate of drug-likeness (QED) is 0.660. The zero-order valence-electron chi connectivity index (χ0n) is 15.1. The van der Waals surface area contributed by atoms with Crippen molar-refractivity contribution < 1.29 is 18.3 Å². The Morgan fingerprint density at radius 2 is 1.96 bits per heavy atom. The van der Waals surface area contributed by atoms with Crippen molar-refractivity contribution in [3.63, 3.8) is 0 Å². The van der Waals surface area contributed by atoms with Gasteiger partial charge in [-0.3, -0.25) is 9.69 Å². The van der Waals surface area contributed by atoms with Gasteiger partial charge in [0, 0.05) is 57.6 Å². The highest BCUT2D eigenvalue weighted by atomic mass is 35.5. The molecule has 26 heavy (non-hydrogen) atoms. The predicted octanol–water partition coefficient (Wildman–Crippen LogP) is 0.530. The van der Waals surface area contributed by atoms with Crippen molar-refractivity contribution in [1.82, 2.24) is 14.5 Å². The van der Waals surface area contributed by atoms with E-state index in [0.29, 0.717) is 37.6 Å². The van der Waals surface area contributed by atoms with E-state index >= 15 is 0 Å². The van der Waals surface area contributed by atoms with E-state index in [2.05, 4.69) is 5.32 Å². The second-order valence-corrected chi connectivity index (χ2v) is 9.47. The highest BCUT2D eigenvalue weighted by molar-refractivity contribution is 7.89. The van der Waals surface area contributed by atoms with Crippen molar-refractivity contribution in [3.8, 4) is 0 Å². The second kappa shape index (κ2) is 9.14. The van der Waals surface area contributed by atoms with Crippen LogP contribution >= 0.6 is 11.6 Å². The first-order valence-corrected chi connectivity index (χ1v) is 10.5. The normalized spacial score (nSPS) is 21.3. The van der Waals surface area contributed by atoms with Gasteiger partial charge in [-0.25, -0.2) is 12.7 Å². The Kier molecular flexibility index (Phi) is 7.42. The molecular weight excluding hydrogens is 378 g/mol. The molecule has 1 aliphatic rings. The number of aliphatic hydroxyl groups is 1. The third-order valence-electron chi connectivity index (χ3n) is 4.52. The molecule has 7 nitrogen and oxygen atoms in total. The van der Waals surface area contributed by atoms with Crippen LogP contribution in [0.1, 0.15) is 12.0 Å². The number of amides is 1. The summed E-state index contributed by atoms with van der Waals surface area (Å²) in [5.74, 6) is -0.501. The Balaban J connectivity index is 1.74. The van der Waals surface area contributed by atoms with Crippen LogP contribution in [0.5, 0.6) is 0 Å². The number of benzene rings is 1. The van der Waals surface area contributed by atoms with Crippen LogP contribution in [-0.2, 0) is 21.4 Å². The maximum absolute atomic E-state index is 12.0. The standard InChI is InChI=1S/C17H26ClN3O4S/c1-20(2)26(24,25)12-14-10-21(11-16(14)22)8-7-17(23)19-9-13-3-5-15(18)6-4-13/h3-6,14,16,22H,7-12H2,1-2H3,(H,19,23)/t14-,16-/m0/s1. The summed E-state index contributed by atoms with van der Waals surface area (Å²) in [5.41, 5.74) is 0.966. The fraction of sp³-hybridized carbons (Fsp3) is 0.588. The third kappa shape index (κ3) is 6.21. The molecule has 9 heteroatoms. The van der Waals surface area contributed by atoms with E-state index < -0.39 is 16.1 Å². The Labute approximate surface area is 160 Å². The summed E-state index contributed by atoms with van der Waals surface area (Å²) in [6.45, 7) is 1.78. The van der Waals surface area contributed by atoms with Gasteiger partial charge in [0.05, 0.1) is 11.9 Å². The zero-order valence-corrected chi connectivity index (χ0v) is 16.6. The van der Waals surface area contributed by atoms with E-state index in [0.717, 1.165) is 5.56 Å². The molecule has 1 amide bonds. The summed E-state index contributed by atoms with van der Waals surface area (Å²) in [4.78, 5) is 13.9. The Bertz CT molecular complexity index is 709. The van der Waals surface area contributed by atoms with Gasteiger partial charge in [-0.05, 0) is 17.7 Å². The summed E-state index contributed by atoms with van der Waals surface area (Å²) in [5, 5.41) is 13.6. The van der Waals surface area contributed by atoms with Gasteiger partial charge in [0.1, 0.15) is 0 Å². The minimum atomic E-state index is -3.35. The van der Waals surface area contributed by atoms with Crippen molar-refractivity contribution >= 4 is 27.5 Å². The molecule has 1 aromatic carbocycles. The molecule has 0 radical (unpaired) electrons. The number of carbonyl (C=O) groups is 1. The number of carbonyl (C=O) groups excluding carboxylic acids is 1.